The maximum Gasteiger partial charge on any atom is 0.227 e. The van der Waals surface area contributed by atoms with Crippen molar-refractivity contribution in [2.45, 2.75) is 13.3 Å². The van der Waals surface area contributed by atoms with Crippen molar-refractivity contribution in [3.63, 3.8) is 0 Å². The summed E-state index contributed by atoms with van der Waals surface area (Å²) < 4.78 is 0. The summed E-state index contributed by atoms with van der Waals surface area (Å²) in [5.74, 6) is -0.793. The van der Waals surface area contributed by atoms with Gasteiger partial charge in [-0.3, -0.25) is 9.59 Å². The molecule has 1 aliphatic heterocycles. The zero-order chi connectivity index (χ0) is 14.7. The van der Waals surface area contributed by atoms with Crippen LogP contribution in [0.4, 0.5) is 5.69 Å². The van der Waals surface area contributed by atoms with Gasteiger partial charge < -0.3 is 10.2 Å². The van der Waals surface area contributed by atoms with E-state index in [1.165, 1.54) is 0 Å². The molecule has 5 nitrogen and oxygen atoms in total. The van der Waals surface area contributed by atoms with Crippen LogP contribution in [0, 0.1) is 24.2 Å². The monoisotopic (exact) mass is 291 g/mol. The van der Waals surface area contributed by atoms with E-state index in [1.807, 2.05) is 25.1 Å². The van der Waals surface area contributed by atoms with E-state index in [2.05, 4.69) is 5.32 Å². The van der Waals surface area contributed by atoms with Crippen molar-refractivity contribution in [2.24, 2.45) is 5.92 Å². The molecule has 0 aliphatic carbocycles. The van der Waals surface area contributed by atoms with Crippen LogP contribution in [0.15, 0.2) is 18.2 Å². The number of carbonyl (C=O) groups is 2. The second kappa shape index (κ2) is 5.93. The Balaban J connectivity index is 2.11. The molecule has 6 heteroatoms. The normalized spacial score (nSPS) is 17.9. The predicted octanol–water partition coefficient (Wildman–Crippen LogP) is 1.64. The molecule has 1 saturated heterocycles. The molecule has 0 aromatic heterocycles. The van der Waals surface area contributed by atoms with Crippen molar-refractivity contribution < 1.29 is 9.59 Å². The summed E-state index contributed by atoms with van der Waals surface area (Å²) in [6.07, 6.45) is 0.156. The topological polar surface area (TPSA) is 73.2 Å². The third-order valence-electron chi connectivity index (χ3n) is 3.30. The maximum atomic E-state index is 12.0. The number of nitriles is 1. The Morgan fingerprint density at radius 2 is 2.35 bits per heavy atom. The Bertz CT molecular complexity index is 595. The lowest BCUT2D eigenvalue weighted by atomic mass is 10.1. The average molecular weight is 292 g/mol. The van der Waals surface area contributed by atoms with Gasteiger partial charge in [0.25, 0.3) is 0 Å². The Kier molecular flexibility index (Phi) is 4.26. The summed E-state index contributed by atoms with van der Waals surface area (Å²) in [5, 5.41) is 11.5. The van der Waals surface area contributed by atoms with E-state index < -0.39 is 5.92 Å². The summed E-state index contributed by atoms with van der Waals surface area (Å²) in [6, 6.07) is 7.22. The van der Waals surface area contributed by atoms with Crippen LogP contribution in [0.1, 0.15) is 12.0 Å². The van der Waals surface area contributed by atoms with Gasteiger partial charge in [-0.15, -0.1) is 0 Å². The van der Waals surface area contributed by atoms with Crippen molar-refractivity contribution in [2.75, 3.05) is 18.0 Å². The molecule has 1 aliphatic rings. The van der Waals surface area contributed by atoms with E-state index in [0.717, 1.165) is 5.56 Å². The fraction of sp³-hybridized carbons (Fsp3) is 0.357. The number of carbonyl (C=O) groups excluding carboxylic acids is 2. The molecule has 104 valence electrons. The molecule has 20 heavy (non-hydrogen) atoms. The molecule has 1 unspecified atom stereocenters. The van der Waals surface area contributed by atoms with Gasteiger partial charge in [0.15, 0.2) is 0 Å². The van der Waals surface area contributed by atoms with Crippen LogP contribution in [-0.4, -0.2) is 24.9 Å². The number of rotatable bonds is 3. The maximum absolute atomic E-state index is 12.0. The number of nitrogens with zero attached hydrogens (tertiary/aromatic N) is 2. The number of amides is 2. The number of anilines is 1. The standard InChI is InChI=1S/C14H14ClN3O2/c1-9-2-3-11(7-12(9)15)18-8-10(6-13(18)19)14(20)17-5-4-16/h2-3,7,10H,5-6,8H2,1H3,(H,17,20). The number of halogens is 1. The van der Waals surface area contributed by atoms with E-state index in [9.17, 15) is 9.59 Å². The molecule has 1 fully saturated rings. The van der Waals surface area contributed by atoms with Gasteiger partial charge >= 0.3 is 0 Å². The third kappa shape index (κ3) is 2.91. The summed E-state index contributed by atoms with van der Waals surface area (Å²) in [7, 11) is 0. The van der Waals surface area contributed by atoms with Crippen molar-refractivity contribution in [3.8, 4) is 6.07 Å². The number of hydrogen-bond acceptors (Lipinski definition) is 3. The number of aryl methyl sites for hydroxylation is 1. The molecule has 1 aromatic carbocycles. The summed E-state index contributed by atoms with van der Waals surface area (Å²) in [5.41, 5.74) is 1.63. The highest BCUT2D eigenvalue weighted by Crippen LogP contribution is 2.28. The van der Waals surface area contributed by atoms with Gasteiger partial charge in [-0.2, -0.15) is 5.26 Å². The fourth-order valence-corrected chi connectivity index (χ4v) is 2.33. The molecular formula is C14H14ClN3O2. The minimum absolute atomic E-state index is 0.0418. The van der Waals surface area contributed by atoms with Gasteiger partial charge in [-0.25, -0.2) is 0 Å². The Hall–Kier alpha value is -2.06. The van der Waals surface area contributed by atoms with E-state index in [1.54, 1.807) is 11.0 Å². The SMILES string of the molecule is Cc1ccc(N2CC(C(=O)NCC#N)CC2=O)cc1Cl. The molecule has 0 spiro atoms. The van der Waals surface area contributed by atoms with Gasteiger partial charge in [-0.1, -0.05) is 17.7 Å². The Labute approximate surface area is 122 Å². The highest BCUT2D eigenvalue weighted by molar-refractivity contribution is 6.31. The summed E-state index contributed by atoms with van der Waals surface area (Å²) in [4.78, 5) is 25.3. The van der Waals surface area contributed by atoms with Gasteiger partial charge in [0.1, 0.15) is 6.54 Å². The van der Waals surface area contributed by atoms with E-state index >= 15 is 0 Å². The quantitative estimate of drug-likeness (QED) is 0.861. The molecule has 1 N–H and O–H groups in total. The first kappa shape index (κ1) is 14.4. The van der Waals surface area contributed by atoms with Gasteiger partial charge in [-0.05, 0) is 24.6 Å². The van der Waals surface area contributed by atoms with Crippen molar-refractivity contribution in [1.29, 1.82) is 5.26 Å². The van der Waals surface area contributed by atoms with E-state index in [-0.39, 0.29) is 24.8 Å². The molecular weight excluding hydrogens is 278 g/mol. The molecule has 2 rings (SSSR count). The highest BCUT2D eigenvalue weighted by Gasteiger charge is 2.35. The second-order valence-electron chi connectivity index (χ2n) is 4.71. The van der Waals surface area contributed by atoms with Crippen LogP contribution in [0.5, 0.6) is 0 Å². The van der Waals surface area contributed by atoms with Crippen LogP contribution >= 0.6 is 11.6 Å². The fourth-order valence-electron chi connectivity index (χ4n) is 2.15. The molecule has 0 radical (unpaired) electrons. The molecule has 0 saturated carbocycles. The zero-order valence-corrected chi connectivity index (χ0v) is 11.8. The Morgan fingerprint density at radius 1 is 1.60 bits per heavy atom. The van der Waals surface area contributed by atoms with Gasteiger partial charge in [0.05, 0.1) is 12.0 Å². The lowest BCUT2D eigenvalue weighted by Crippen LogP contribution is -2.33. The lowest BCUT2D eigenvalue weighted by Gasteiger charge is -2.17. The van der Waals surface area contributed by atoms with Crippen molar-refractivity contribution >= 4 is 29.1 Å². The molecule has 1 atom stereocenters. The number of hydrogen-bond donors (Lipinski definition) is 1. The highest BCUT2D eigenvalue weighted by atomic mass is 35.5. The van der Waals surface area contributed by atoms with Crippen LogP contribution in [0.25, 0.3) is 0 Å². The predicted molar refractivity (Wildman–Crippen MR) is 75.3 cm³/mol. The van der Waals surface area contributed by atoms with Crippen molar-refractivity contribution in [1.82, 2.24) is 5.32 Å². The smallest absolute Gasteiger partial charge is 0.227 e. The minimum atomic E-state index is -0.420. The molecule has 1 aromatic rings. The largest absolute Gasteiger partial charge is 0.343 e. The number of benzene rings is 1. The van der Waals surface area contributed by atoms with Crippen LogP contribution in [0.2, 0.25) is 5.02 Å². The molecule has 1 heterocycles. The average Bonchev–Trinajstić information content (AvgIpc) is 2.81. The van der Waals surface area contributed by atoms with E-state index in [4.69, 9.17) is 16.9 Å². The van der Waals surface area contributed by atoms with Gasteiger partial charge in [0.2, 0.25) is 11.8 Å². The van der Waals surface area contributed by atoms with Crippen molar-refractivity contribution in [3.05, 3.63) is 28.8 Å². The van der Waals surface area contributed by atoms with Crippen LogP contribution < -0.4 is 10.2 Å². The van der Waals surface area contributed by atoms with Crippen LogP contribution in [-0.2, 0) is 9.59 Å². The number of nitrogens with one attached hydrogen (secondary N) is 1. The molecule has 0 bridgehead atoms. The molecule has 2 amide bonds. The second-order valence-corrected chi connectivity index (χ2v) is 5.12. The summed E-state index contributed by atoms with van der Waals surface area (Å²) >= 11 is 6.05. The summed E-state index contributed by atoms with van der Waals surface area (Å²) in [6.45, 7) is 2.16. The Morgan fingerprint density at radius 3 is 3.00 bits per heavy atom. The van der Waals surface area contributed by atoms with Crippen LogP contribution in [0.3, 0.4) is 0 Å². The first-order valence-electron chi connectivity index (χ1n) is 6.24. The first-order chi connectivity index (χ1) is 9.52. The minimum Gasteiger partial charge on any atom is -0.343 e. The zero-order valence-electron chi connectivity index (χ0n) is 11.0. The third-order valence-corrected chi connectivity index (χ3v) is 3.71. The van der Waals surface area contributed by atoms with Gasteiger partial charge in [0, 0.05) is 23.7 Å². The first-order valence-corrected chi connectivity index (χ1v) is 6.62. The van der Waals surface area contributed by atoms with E-state index in [0.29, 0.717) is 17.3 Å². The lowest BCUT2D eigenvalue weighted by molar-refractivity contribution is -0.126.